The van der Waals surface area contributed by atoms with Crippen LogP contribution >= 0.6 is 0 Å². The van der Waals surface area contributed by atoms with Gasteiger partial charge in [-0.25, -0.2) is 0 Å². The van der Waals surface area contributed by atoms with Gasteiger partial charge in [-0.1, -0.05) is 25.0 Å². The average molecular weight is 366 g/mol. The summed E-state index contributed by atoms with van der Waals surface area (Å²) in [6, 6.07) is 9.32. The van der Waals surface area contributed by atoms with Gasteiger partial charge in [0.25, 0.3) is 0 Å². The van der Waals surface area contributed by atoms with E-state index in [-0.39, 0.29) is 36.1 Å². The maximum atomic E-state index is 12.5. The molecular weight excluding hydrogens is 344 g/mol. The van der Waals surface area contributed by atoms with Gasteiger partial charge < -0.3 is 5.32 Å². The second kappa shape index (κ2) is 7.34. The zero-order chi connectivity index (χ0) is 18.8. The molecule has 0 spiro atoms. The monoisotopic (exact) mass is 366 g/mol. The Morgan fingerprint density at radius 1 is 1.11 bits per heavy atom. The highest BCUT2D eigenvalue weighted by Crippen LogP contribution is 2.37. The predicted octanol–water partition coefficient (Wildman–Crippen LogP) is 2.05. The topological polar surface area (TPSA) is 84.3 Å². The van der Waals surface area contributed by atoms with Crippen LogP contribution in [0.1, 0.15) is 31.2 Å². The molecule has 2 heterocycles. The van der Waals surface area contributed by atoms with Crippen molar-refractivity contribution in [3.63, 3.8) is 0 Å². The molecule has 1 N–H and O–H groups in total. The highest BCUT2D eigenvalue weighted by atomic mass is 16.2. The predicted molar refractivity (Wildman–Crippen MR) is 98.6 cm³/mol. The van der Waals surface area contributed by atoms with E-state index >= 15 is 0 Å². The van der Waals surface area contributed by atoms with Crippen LogP contribution in [0.4, 0.5) is 5.69 Å². The normalized spacial score (nSPS) is 22.0. The molecule has 4 rings (SSSR count). The lowest BCUT2D eigenvalue weighted by atomic mass is 9.81. The Hall–Kier alpha value is -2.96. The lowest BCUT2D eigenvalue weighted by Gasteiger charge is -2.19. The largest absolute Gasteiger partial charge is 0.325 e. The number of carbonyl (C=O) groups excluding carboxylic acids is 3. The molecule has 1 aromatic carbocycles. The van der Waals surface area contributed by atoms with Gasteiger partial charge in [-0.3, -0.25) is 24.0 Å². The zero-order valence-corrected chi connectivity index (χ0v) is 15.0. The maximum Gasteiger partial charge on any atom is 0.244 e. The number of aromatic nitrogens is 2. The third kappa shape index (κ3) is 3.63. The van der Waals surface area contributed by atoms with Gasteiger partial charge in [0.05, 0.1) is 18.4 Å². The van der Waals surface area contributed by atoms with Gasteiger partial charge in [-0.05, 0) is 36.6 Å². The van der Waals surface area contributed by atoms with Crippen molar-refractivity contribution in [2.24, 2.45) is 11.8 Å². The van der Waals surface area contributed by atoms with Crippen LogP contribution in [0.3, 0.4) is 0 Å². The summed E-state index contributed by atoms with van der Waals surface area (Å²) in [4.78, 5) is 38.5. The zero-order valence-electron chi connectivity index (χ0n) is 15.0. The quantitative estimate of drug-likeness (QED) is 0.821. The second-order valence-electron chi connectivity index (χ2n) is 7.21. The number of nitrogens with one attached hydrogen (secondary N) is 1. The van der Waals surface area contributed by atoms with Crippen molar-refractivity contribution in [3.05, 3.63) is 48.3 Å². The molecule has 7 nitrogen and oxygen atoms in total. The van der Waals surface area contributed by atoms with E-state index in [1.807, 2.05) is 30.5 Å². The molecule has 1 aliphatic carbocycles. The first-order valence-electron chi connectivity index (χ1n) is 9.33. The van der Waals surface area contributed by atoms with E-state index in [1.165, 1.54) is 0 Å². The summed E-state index contributed by atoms with van der Waals surface area (Å²) in [7, 11) is 0. The minimum atomic E-state index is -0.355. The molecule has 1 aliphatic heterocycles. The lowest BCUT2D eigenvalue weighted by Crippen LogP contribution is -2.38. The number of amides is 3. The van der Waals surface area contributed by atoms with Gasteiger partial charge in [0.2, 0.25) is 17.7 Å². The molecular formula is C20H22N4O3. The summed E-state index contributed by atoms with van der Waals surface area (Å²) in [6.07, 6.45) is 7.04. The van der Waals surface area contributed by atoms with Gasteiger partial charge >= 0.3 is 0 Å². The first kappa shape index (κ1) is 17.5. The molecule has 140 valence electrons. The van der Waals surface area contributed by atoms with Gasteiger partial charge in [0.15, 0.2) is 0 Å². The number of likely N-dealkylation sites (tertiary alicyclic amines) is 1. The van der Waals surface area contributed by atoms with Crippen LogP contribution in [0, 0.1) is 11.8 Å². The van der Waals surface area contributed by atoms with Crippen LogP contribution < -0.4 is 5.32 Å². The summed E-state index contributed by atoms with van der Waals surface area (Å²) in [5.74, 6) is -1.18. The molecule has 2 fully saturated rings. The molecule has 2 atom stereocenters. The Morgan fingerprint density at radius 2 is 1.85 bits per heavy atom. The number of benzene rings is 1. The van der Waals surface area contributed by atoms with E-state index in [0.717, 1.165) is 36.1 Å². The van der Waals surface area contributed by atoms with Crippen molar-refractivity contribution in [1.82, 2.24) is 14.7 Å². The Balaban J connectivity index is 1.39. The molecule has 7 heteroatoms. The summed E-state index contributed by atoms with van der Waals surface area (Å²) in [6.45, 7) is 0.386. The second-order valence-corrected chi connectivity index (χ2v) is 7.21. The molecule has 3 amide bonds. The maximum absolute atomic E-state index is 12.5. The SMILES string of the molecule is O=C(CN1C(=O)C2CCCCC2C1=O)Nc1cccc(Cn2cccn2)c1. The van der Waals surface area contributed by atoms with Gasteiger partial charge in [0, 0.05) is 18.1 Å². The van der Waals surface area contributed by atoms with Crippen LogP contribution in [-0.4, -0.2) is 38.9 Å². The number of carbonyl (C=O) groups is 3. The molecule has 0 bridgehead atoms. The van der Waals surface area contributed by atoms with E-state index in [4.69, 9.17) is 0 Å². The first-order valence-corrected chi connectivity index (χ1v) is 9.33. The van der Waals surface area contributed by atoms with Crippen molar-refractivity contribution in [2.45, 2.75) is 32.2 Å². The summed E-state index contributed by atoms with van der Waals surface area (Å²) in [5, 5.41) is 6.97. The summed E-state index contributed by atoms with van der Waals surface area (Å²) in [5.41, 5.74) is 1.64. The number of hydrogen-bond donors (Lipinski definition) is 1. The van der Waals surface area contributed by atoms with E-state index in [1.54, 1.807) is 16.9 Å². The van der Waals surface area contributed by atoms with Crippen molar-refractivity contribution in [1.29, 1.82) is 0 Å². The molecule has 1 saturated heterocycles. The average Bonchev–Trinajstić information content (AvgIpc) is 3.25. The summed E-state index contributed by atoms with van der Waals surface area (Å²) < 4.78 is 1.80. The minimum absolute atomic E-state index is 0.188. The fourth-order valence-electron chi connectivity index (χ4n) is 4.06. The Kier molecular flexibility index (Phi) is 4.75. The van der Waals surface area contributed by atoms with Crippen molar-refractivity contribution >= 4 is 23.4 Å². The minimum Gasteiger partial charge on any atom is -0.325 e. The van der Waals surface area contributed by atoms with Crippen molar-refractivity contribution < 1.29 is 14.4 Å². The van der Waals surface area contributed by atoms with Gasteiger partial charge in [0.1, 0.15) is 6.54 Å². The summed E-state index contributed by atoms with van der Waals surface area (Å²) >= 11 is 0. The Bertz CT molecular complexity index is 838. The fourth-order valence-corrected chi connectivity index (χ4v) is 4.06. The van der Waals surface area contributed by atoms with E-state index < -0.39 is 0 Å². The molecule has 0 radical (unpaired) electrons. The van der Waals surface area contributed by atoms with Crippen molar-refractivity contribution in [3.8, 4) is 0 Å². The highest BCUT2D eigenvalue weighted by molar-refractivity contribution is 6.08. The molecule has 2 aliphatic rings. The van der Waals surface area contributed by atoms with E-state index in [9.17, 15) is 14.4 Å². The standard InChI is InChI=1S/C20H22N4O3/c25-18(13-24-19(26)16-7-1-2-8-17(16)20(24)27)22-15-6-3-5-14(11-15)12-23-10-4-9-21-23/h3-6,9-11,16-17H,1-2,7-8,12-13H2,(H,22,25). The van der Waals surface area contributed by atoms with Crippen LogP contribution in [0.25, 0.3) is 0 Å². The number of imide groups is 1. The number of nitrogens with zero attached hydrogens (tertiary/aromatic N) is 3. The fraction of sp³-hybridized carbons (Fsp3) is 0.400. The number of hydrogen-bond acceptors (Lipinski definition) is 4. The number of rotatable bonds is 5. The van der Waals surface area contributed by atoms with Crippen molar-refractivity contribution in [2.75, 3.05) is 11.9 Å². The highest BCUT2D eigenvalue weighted by Gasteiger charge is 2.48. The Labute approximate surface area is 157 Å². The molecule has 27 heavy (non-hydrogen) atoms. The van der Waals surface area contributed by atoms with Crippen LogP contribution in [0.5, 0.6) is 0 Å². The third-order valence-corrected chi connectivity index (χ3v) is 5.35. The number of fused-ring (bicyclic) bond motifs is 1. The molecule has 1 saturated carbocycles. The third-order valence-electron chi connectivity index (χ3n) is 5.35. The van der Waals surface area contributed by atoms with Crippen LogP contribution in [0.15, 0.2) is 42.7 Å². The van der Waals surface area contributed by atoms with Crippen LogP contribution in [-0.2, 0) is 20.9 Å². The lowest BCUT2D eigenvalue weighted by molar-refractivity contribution is -0.142. The molecule has 1 aromatic heterocycles. The van der Waals surface area contributed by atoms with Gasteiger partial charge in [-0.15, -0.1) is 0 Å². The first-order chi connectivity index (χ1) is 13.1. The molecule has 2 unspecified atom stereocenters. The smallest absolute Gasteiger partial charge is 0.244 e. The van der Waals surface area contributed by atoms with Crippen LogP contribution in [0.2, 0.25) is 0 Å². The van der Waals surface area contributed by atoms with E-state index in [0.29, 0.717) is 12.2 Å². The van der Waals surface area contributed by atoms with Gasteiger partial charge in [-0.2, -0.15) is 5.10 Å². The number of anilines is 1. The van der Waals surface area contributed by atoms with E-state index in [2.05, 4.69) is 10.4 Å². The Morgan fingerprint density at radius 3 is 2.52 bits per heavy atom. The molecule has 2 aromatic rings.